The molecule has 0 saturated carbocycles. The molecule has 0 spiro atoms. The first-order chi connectivity index (χ1) is 12.2. The second-order valence-corrected chi connectivity index (χ2v) is 6.08. The van der Waals surface area contributed by atoms with Crippen LogP contribution < -0.4 is 10.2 Å². The predicted molar refractivity (Wildman–Crippen MR) is 102 cm³/mol. The van der Waals surface area contributed by atoms with Crippen molar-refractivity contribution in [2.24, 2.45) is 0 Å². The Morgan fingerprint density at radius 3 is 2.28 bits per heavy atom. The third-order valence-corrected chi connectivity index (χ3v) is 3.91. The van der Waals surface area contributed by atoms with Crippen molar-refractivity contribution in [2.75, 3.05) is 23.3 Å². The van der Waals surface area contributed by atoms with E-state index in [2.05, 4.69) is 58.1 Å². The number of nitrogens with one attached hydrogen (secondary N) is 1. The van der Waals surface area contributed by atoms with Crippen molar-refractivity contribution < 1.29 is 0 Å². The average Bonchev–Trinajstić information content (AvgIpc) is 2.63. The zero-order chi connectivity index (χ0) is 17.6. The van der Waals surface area contributed by atoms with Gasteiger partial charge in [0.1, 0.15) is 0 Å². The van der Waals surface area contributed by atoms with Crippen LogP contribution in [-0.2, 0) is 0 Å². The molecular weight excluding hydrogens is 312 g/mol. The van der Waals surface area contributed by atoms with Crippen molar-refractivity contribution in [3.05, 3.63) is 42.2 Å². The molecule has 0 bridgehead atoms. The van der Waals surface area contributed by atoms with Crippen LogP contribution in [-0.4, -0.2) is 33.0 Å². The highest BCUT2D eigenvalue weighted by molar-refractivity contribution is 5.85. The van der Waals surface area contributed by atoms with Crippen molar-refractivity contribution in [2.45, 2.75) is 33.6 Å². The van der Waals surface area contributed by atoms with Crippen LogP contribution in [0.5, 0.6) is 0 Å². The van der Waals surface area contributed by atoms with Gasteiger partial charge in [-0.3, -0.25) is 0 Å². The molecule has 6 nitrogen and oxygen atoms in total. The molecule has 0 saturated heterocycles. The lowest BCUT2D eigenvalue weighted by atomic mass is 10.2. The molecule has 0 aliphatic carbocycles. The number of anilines is 3. The Balaban J connectivity index is 2.04. The van der Waals surface area contributed by atoms with E-state index in [1.165, 1.54) is 5.56 Å². The average molecular weight is 336 g/mol. The lowest BCUT2D eigenvalue weighted by Crippen LogP contribution is -2.27. The maximum atomic E-state index is 4.76. The largest absolute Gasteiger partial charge is 0.341 e. The van der Waals surface area contributed by atoms with Gasteiger partial charge in [0.2, 0.25) is 5.95 Å². The van der Waals surface area contributed by atoms with Crippen LogP contribution in [0.2, 0.25) is 0 Å². The molecule has 2 heterocycles. The molecule has 0 amide bonds. The fourth-order valence-electron chi connectivity index (χ4n) is 2.71. The Bertz CT molecular complexity index is 825. The van der Waals surface area contributed by atoms with Gasteiger partial charge in [0.15, 0.2) is 17.0 Å². The van der Waals surface area contributed by atoms with Crippen LogP contribution >= 0.6 is 0 Å². The number of benzene rings is 1. The Morgan fingerprint density at radius 2 is 1.60 bits per heavy atom. The SMILES string of the molecule is CCCN(CCC)c1nc(Nc2ccc(C)cc2)c2nccnc2n1. The first kappa shape index (κ1) is 17.1. The lowest BCUT2D eigenvalue weighted by molar-refractivity contribution is 0.723. The fraction of sp³-hybridized carbons (Fsp3) is 0.368. The fourth-order valence-corrected chi connectivity index (χ4v) is 2.71. The Labute approximate surface area is 148 Å². The first-order valence-electron chi connectivity index (χ1n) is 8.78. The molecule has 0 aliphatic heterocycles. The highest BCUT2D eigenvalue weighted by atomic mass is 15.3. The van der Waals surface area contributed by atoms with E-state index in [1.54, 1.807) is 12.4 Å². The van der Waals surface area contributed by atoms with Gasteiger partial charge in [-0.1, -0.05) is 31.5 Å². The zero-order valence-corrected chi connectivity index (χ0v) is 15.0. The monoisotopic (exact) mass is 336 g/mol. The van der Waals surface area contributed by atoms with Gasteiger partial charge >= 0.3 is 0 Å². The number of hydrogen-bond acceptors (Lipinski definition) is 6. The summed E-state index contributed by atoms with van der Waals surface area (Å²) in [6, 6.07) is 8.21. The van der Waals surface area contributed by atoms with Gasteiger partial charge < -0.3 is 10.2 Å². The van der Waals surface area contributed by atoms with Crippen molar-refractivity contribution in [1.29, 1.82) is 0 Å². The van der Waals surface area contributed by atoms with Gasteiger partial charge in [0, 0.05) is 31.2 Å². The van der Waals surface area contributed by atoms with Crippen LogP contribution in [0.3, 0.4) is 0 Å². The highest BCUT2D eigenvalue weighted by Gasteiger charge is 2.14. The molecule has 3 rings (SSSR count). The predicted octanol–water partition coefficient (Wildman–Crippen LogP) is 4.10. The summed E-state index contributed by atoms with van der Waals surface area (Å²) in [4.78, 5) is 20.4. The van der Waals surface area contributed by atoms with Crippen molar-refractivity contribution >= 4 is 28.6 Å². The summed E-state index contributed by atoms with van der Waals surface area (Å²) < 4.78 is 0. The molecule has 0 aliphatic rings. The number of aryl methyl sites for hydroxylation is 1. The molecule has 0 atom stereocenters. The summed E-state index contributed by atoms with van der Waals surface area (Å²) in [5.74, 6) is 1.39. The number of aromatic nitrogens is 4. The summed E-state index contributed by atoms with van der Waals surface area (Å²) in [5, 5.41) is 3.37. The number of nitrogens with zero attached hydrogens (tertiary/aromatic N) is 5. The maximum Gasteiger partial charge on any atom is 0.229 e. The van der Waals surface area contributed by atoms with Crippen molar-refractivity contribution in [3.8, 4) is 0 Å². The molecule has 0 unspecified atom stereocenters. The Hall–Kier alpha value is -2.76. The van der Waals surface area contributed by atoms with Crippen LogP contribution in [0.25, 0.3) is 11.2 Å². The van der Waals surface area contributed by atoms with Gasteiger partial charge in [-0.25, -0.2) is 9.97 Å². The van der Waals surface area contributed by atoms with E-state index in [0.717, 1.165) is 31.6 Å². The minimum Gasteiger partial charge on any atom is -0.341 e. The van der Waals surface area contributed by atoms with Crippen LogP contribution in [0.4, 0.5) is 17.5 Å². The minimum absolute atomic E-state index is 0.610. The zero-order valence-electron chi connectivity index (χ0n) is 15.0. The summed E-state index contributed by atoms with van der Waals surface area (Å²) in [6.45, 7) is 8.23. The summed E-state index contributed by atoms with van der Waals surface area (Å²) in [5.41, 5.74) is 3.48. The van der Waals surface area contributed by atoms with E-state index in [-0.39, 0.29) is 0 Å². The van der Waals surface area contributed by atoms with Gasteiger partial charge in [-0.05, 0) is 31.9 Å². The van der Waals surface area contributed by atoms with E-state index in [0.29, 0.717) is 22.9 Å². The van der Waals surface area contributed by atoms with Crippen molar-refractivity contribution in [1.82, 2.24) is 19.9 Å². The number of hydrogen-bond donors (Lipinski definition) is 1. The molecule has 2 aromatic heterocycles. The number of fused-ring (bicyclic) bond motifs is 1. The van der Waals surface area contributed by atoms with Gasteiger partial charge in [0.25, 0.3) is 0 Å². The summed E-state index contributed by atoms with van der Waals surface area (Å²) >= 11 is 0. The van der Waals surface area contributed by atoms with Crippen LogP contribution in [0.15, 0.2) is 36.7 Å². The van der Waals surface area contributed by atoms with E-state index in [4.69, 9.17) is 4.98 Å². The highest BCUT2D eigenvalue weighted by Crippen LogP contribution is 2.24. The Morgan fingerprint density at radius 1 is 0.920 bits per heavy atom. The molecule has 6 heteroatoms. The molecule has 130 valence electrons. The molecular formula is C19H24N6. The topological polar surface area (TPSA) is 66.8 Å². The van der Waals surface area contributed by atoms with Crippen LogP contribution in [0, 0.1) is 6.92 Å². The van der Waals surface area contributed by atoms with E-state index >= 15 is 0 Å². The number of rotatable bonds is 7. The second-order valence-electron chi connectivity index (χ2n) is 6.08. The normalized spacial score (nSPS) is 10.8. The maximum absolute atomic E-state index is 4.76. The smallest absolute Gasteiger partial charge is 0.229 e. The molecule has 1 aromatic carbocycles. The minimum atomic E-state index is 0.610. The molecule has 1 N–H and O–H groups in total. The quantitative estimate of drug-likeness (QED) is 0.701. The van der Waals surface area contributed by atoms with Gasteiger partial charge in [0.05, 0.1) is 0 Å². The summed E-state index contributed by atoms with van der Waals surface area (Å²) in [7, 11) is 0. The molecule has 3 aromatic rings. The Kier molecular flexibility index (Phi) is 5.38. The first-order valence-corrected chi connectivity index (χ1v) is 8.78. The van der Waals surface area contributed by atoms with Gasteiger partial charge in [-0.2, -0.15) is 9.97 Å². The molecule has 0 fully saturated rings. The lowest BCUT2D eigenvalue weighted by Gasteiger charge is -2.22. The molecule has 25 heavy (non-hydrogen) atoms. The summed E-state index contributed by atoms with van der Waals surface area (Å²) in [6.07, 6.45) is 5.42. The standard InChI is InChI=1S/C19H24N6/c1-4-12-25(13-5-2)19-23-17-16(20-10-11-21-17)18(24-19)22-15-8-6-14(3)7-9-15/h6-11H,4-5,12-13H2,1-3H3,(H,21,22,23,24). The third-order valence-electron chi connectivity index (χ3n) is 3.91. The third kappa shape index (κ3) is 4.02. The van der Waals surface area contributed by atoms with E-state index in [1.807, 2.05) is 12.1 Å². The second kappa shape index (κ2) is 7.88. The van der Waals surface area contributed by atoms with Crippen LogP contribution in [0.1, 0.15) is 32.3 Å². The van der Waals surface area contributed by atoms with E-state index in [9.17, 15) is 0 Å². The van der Waals surface area contributed by atoms with Gasteiger partial charge in [-0.15, -0.1) is 0 Å². The van der Waals surface area contributed by atoms with Crippen molar-refractivity contribution in [3.63, 3.8) is 0 Å². The van der Waals surface area contributed by atoms with E-state index < -0.39 is 0 Å². The molecule has 0 radical (unpaired) electrons.